The van der Waals surface area contributed by atoms with Crippen LogP contribution in [-0.2, 0) is 0 Å². The first-order chi connectivity index (χ1) is 10.1. The van der Waals surface area contributed by atoms with Crippen LogP contribution in [-0.4, -0.2) is 24.3 Å². The molecule has 0 spiro atoms. The maximum atomic E-state index is 9.95. The predicted molar refractivity (Wildman–Crippen MR) is 84.8 cm³/mol. The molecule has 1 heterocycles. The fourth-order valence-electron chi connectivity index (χ4n) is 2.04. The van der Waals surface area contributed by atoms with E-state index in [1.165, 1.54) is 14.2 Å². The second-order valence-corrected chi connectivity index (χ2v) is 5.83. The molecule has 21 heavy (non-hydrogen) atoms. The van der Waals surface area contributed by atoms with Crippen LogP contribution < -0.4 is 9.47 Å². The number of hydrogen-bond acceptors (Lipinski definition) is 5. The molecule has 0 bridgehead atoms. The van der Waals surface area contributed by atoms with Crippen molar-refractivity contribution in [3.63, 3.8) is 0 Å². The molecular formula is C15H12ClNO3S. The van der Waals surface area contributed by atoms with Crippen molar-refractivity contribution in [3.8, 4) is 27.8 Å². The predicted octanol–water partition coefficient (Wildman–Crippen LogP) is 4.34. The summed E-state index contributed by atoms with van der Waals surface area (Å²) >= 11 is 7.52. The van der Waals surface area contributed by atoms with E-state index in [-0.39, 0.29) is 5.75 Å². The van der Waals surface area contributed by atoms with Crippen LogP contribution in [0.15, 0.2) is 30.3 Å². The fourth-order valence-corrected chi connectivity index (χ4v) is 3.14. The highest BCUT2D eigenvalue weighted by Crippen LogP contribution is 2.42. The van der Waals surface area contributed by atoms with Crippen molar-refractivity contribution in [2.75, 3.05) is 14.2 Å². The maximum absolute atomic E-state index is 9.95. The zero-order valence-electron chi connectivity index (χ0n) is 11.4. The highest BCUT2D eigenvalue weighted by molar-refractivity contribution is 7.21. The van der Waals surface area contributed by atoms with Gasteiger partial charge in [0.2, 0.25) is 5.75 Å². The zero-order valence-corrected chi connectivity index (χ0v) is 13.0. The van der Waals surface area contributed by atoms with Gasteiger partial charge in [-0.1, -0.05) is 11.6 Å². The van der Waals surface area contributed by atoms with Gasteiger partial charge in [0.25, 0.3) is 0 Å². The first-order valence-corrected chi connectivity index (χ1v) is 7.33. The van der Waals surface area contributed by atoms with Gasteiger partial charge in [-0.15, -0.1) is 11.3 Å². The van der Waals surface area contributed by atoms with E-state index < -0.39 is 0 Å². The lowest BCUT2D eigenvalue weighted by Gasteiger charge is -2.09. The van der Waals surface area contributed by atoms with Gasteiger partial charge >= 0.3 is 0 Å². The number of halogens is 1. The minimum atomic E-state index is -0.0205. The molecule has 0 fully saturated rings. The molecule has 0 saturated heterocycles. The van der Waals surface area contributed by atoms with Crippen LogP contribution in [0.4, 0.5) is 0 Å². The van der Waals surface area contributed by atoms with Gasteiger partial charge in [-0.05, 0) is 30.3 Å². The van der Waals surface area contributed by atoms with Crippen molar-refractivity contribution in [2.45, 2.75) is 0 Å². The quantitative estimate of drug-likeness (QED) is 0.779. The largest absolute Gasteiger partial charge is 0.502 e. The summed E-state index contributed by atoms with van der Waals surface area (Å²) in [6, 6.07) is 9.07. The highest BCUT2D eigenvalue weighted by Gasteiger charge is 2.15. The van der Waals surface area contributed by atoms with E-state index in [1.807, 2.05) is 18.2 Å². The topological polar surface area (TPSA) is 51.6 Å². The summed E-state index contributed by atoms with van der Waals surface area (Å²) in [5.41, 5.74) is 1.66. The summed E-state index contributed by atoms with van der Waals surface area (Å²) in [6.07, 6.45) is 0. The second kappa shape index (κ2) is 5.42. The van der Waals surface area contributed by atoms with Crippen molar-refractivity contribution in [3.05, 3.63) is 35.4 Å². The van der Waals surface area contributed by atoms with Crippen molar-refractivity contribution in [2.24, 2.45) is 0 Å². The van der Waals surface area contributed by atoms with Crippen LogP contribution in [0, 0.1) is 0 Å². The van der Waals surface area contributed by atoms with E-state index in [9.17, 15) is 5.11 Å². The SMILES string of the molecule is COc1cc(-c2nc3cc(Cl)ccc3s2)cc(OC)c1O. The molecule has 0 aliphatic rings. The number of aromatic hydroxyl groups is 1. The molecule has 0 atom stereocenters. The third kappa shape index (κ3) is 2.50. The maximum Gasteiger partial charge on any atom is 0.200 e. The summed E-state index contributed by atoms with van der Waals surface area (Å²) in [6.45, 7) is 0. The normalized spacial score (nSPS) is 10.8. The van der Waals surface area contributed by atoms with E-state index in [2.05, 4.69) is 4.98 Å². The number of methoxy groups -OCH3 is 2. The Morgan fingerprint density at radius 1 is 1.10 bits per heavy atom. The average molecular weight is 322 g/mol. The number of nitrogens with zero attached hydrogens (tertiary/aromatic N) is 1. The van der Waals surface area contributed by atoms with Crippen LogP contribution in [0.3, 0.4) is 0 Å². The zero-order chi connectivity index (χ0) is 15.0. The van der Waals surface area contributed by atoms with Gasteiger partial charge < -0.3 is 14.6 Å². The third-order valence-corrected chi connectivity index (χ3v) is 4.40. The standard InChI is InChI=1S/C15H12ClNO3S/c1-19-11-5-8(6-12(20-2)14(11)18)15-17-10-7-9(16)3-4-13(10)21-15/h3-7,18H,1-2H3. The van der Waals surface area contributed by atoms with Crippen LogP contribution >= 0.6 is 22.9 Å². The van der Waals surface area contributed by atoms with Gasteiger partial charge in [-0.3, -0.25) is 0 Å². The van der Waals surface area contributed by atoms with E-state index in [0.29, 0.717) is 16.5 Å². The van der Waals surface area contributed by atoms with Crippen molar-refractivity contribution >= 4 is 33.2 Å². The van der Waals surface area contributed by atoms with Crippen LogP contribution in [0.1, 0.15) is 0 Å². The fraction of sp³-hybridized carbons (Fsp3) is 0.133. The van der Waals surface area contributed by atoms with E-state index in [0.717, 1.165) is 20.8 Å². The number of benzene rings is 2. The second-order valence-electron chi connectivity index (χ2n) is 4.36. The molecular weight excluding hydrogens is 310 g/mol. The number of rotatable bonds is 3. The lowest BCUT2D eigenvalue weighted by Crippen LogP contribution is -1.90. The molecule has 108 valence electrons. The molecule has 4 nitrogen and oxygen atoms in total. The third-order valence-electron chi connectivity index (χ3n) is 3.08. The Labute approximate surface area is 130 Å². The summed E-state index contributed by atoms with van der Waals surface area (Å²) in [4.78, 5) is 4.57. The first kappa shape index (κ1) is 14.0. The Hall–Kier alpha value is -1.98. The summed E-state index contributed by atoms with van der Waals surface area (Å²) in [7, 11) is 2.99. The molecule has 6 heteroatoms. The Morgan fingerprint density at radius 2 is 1.76 bits per heavy atom. The molecule has 0 saturated carbocycles. The summed E-state index contributed by atoms with van der Waals surface area (Å²) in [5.74, 6) is 0.677. The Kier molecular flexibility index (Phi) is 3.61. The number of ether oxygens (including phenoxy) is 2. The number of phenols is 1. The highest BCUT2D eigenvalue weighted by atomic mass is 35.5. The van der Waals surface area contributed by atoms with Crippen LogP contribution in [0.25, 0.3) is 20.8 Å². The minimum Gasteiger partial charge on any atom is -0.502 e. The van der Waals surface area contributed by atoms with Gasteiger partial charge in [-0.25, -0.2) is 4.98 Å². The Morgan fingerprint density at radius 3 is 2.38 bits per heavy atom. The molecule has 1 N–H and O–H groups in total. The number of thiazole rings is 1. The molecule has 0 aliphatic heterocycles. The lowest BCUT2D eigenvalue weighted by molar-refractivity contribution is 0.340. The molecule has 0 unspecified atom stereocenters. The number of aromatic nitrogens is 1. The number of fused-ring (bicyclic) bond motifs is 1. The Bertz CT molecular complexity index is 791. The van der Waals surface area contributed by atoms with Gasteiger partial charge in [0.15, 0.2) is 11.5 Å². The molecule has 0 amide bonds. The Balaban J connectivity index is 2.17. The molecule has 3 rings (SSSR count). The van der Waals surface area contributed by atoms with Gasteiger partial charge in [0.05, 0.1) is 24.4 Å². The molecule has 1 aromatic heterocycles. The smallest absolute Gasteiger partial charge is 0.200 e. The molecule has 0 aliphatic carbocycles. The lowest BCUT2D eigenvalue weighted by atomic mass is 10.2. The number of hydrogen-bond donors (Lipinski definition) is 1. The average Bonchev–Trinajstić information content (AvgIpc) is 2.90. The van der Waals surface area contributed by atoms with E-state index >= 15 is 0 Å². The van der Waals surface area contributed by atoms with Crippen molar-refractivity contribution < 1.29 is 14.6 Å². The van der Waals surface area contributed by atoms with Crippen LogP contribution in [0.2, 0.25) is 5.02 Å². The van der Waals surface area contributed by atoms with Gasteiger partial charge in [-0.2, -0.15) is 0 Å². The number of phenolic OH excluding ortho intramolecular Hbond substituents is 1. The van der Waals surface area contributed by atoms with Gasteiger partial charge in [0.1, 0.15) is 5.01 Å². The van der Waals surface area contributed by atoms with Crippen molar-refractivity contribution in [1.82, 2.24) is 4.98 Å². The van der Waals surface area contributed by atoms with E-state index in [4.69, 9.17) is 21.1 Å². The van der Waals surface area contributed by atoms with E-state index in [1.54, 1.807) is 23.5 Å². The van der Waals surface area contributed by atoms with Gasteiger partial charge in [0, 0.05) is 10.6 Å². The molecule has 0 radical (unpaired) electrons. The molecule has 2 aromatic carbocycles. The minimum absolute atomic E-state index is 0.0205. The van der Waals surface area contributed by atoms with Crippen molar-refractivity contribution in [1.29, 1.82) is 0 Å². The van der Waals surface area contributed by atoms with Crippen LogP contribution in [0.5, 0.6) is 17.2 Å². The summed E-state index contributed by atoms with van der Waals surface area (Å²) < 4.78 is 11.4. The molecule has 3 aromatic rings. The summed E-state index contributed by atoms with van der Waals surface area (Å²) in [5, 5.41) is 11.4. The monoisotopic (exact) mass is 321 g/mol. The first-order valence-electron chi connectivity index (χ1n) is 6.14.